The van der Waals surface area contributed by atoms with Crippen molar-refractivity contribution in [2.75, 3.05) is 14.2 Å². The maximum atomic E-state index is 4.25. The third kappa shape index (κ3) is 8.93. The standard InChI is InChI=1S/C10H12.C2H6O.2C2H6/c1-2-6-10-8-4-3-7-9(10)5-1;1-3-2;2*1-2/h1-2,5-6H,3-4,7-8H2;1-2H3;2*1-2H3. The summed E-state index contributed by atoms with van der Waals surface area (Å²) in [6.45, 7) is 8.00. The van der Waals surface area contributed by atoms with Crippen LogP contribution in [-0.2, 0) is 17.6 Å². The number of hydrogen-bond donors (Lipinski definition) is 0. The number of aryl methyl sites for hydroxylation is 2. The fourth-order valence-corrected chi connectivity index (χ4v) is 1.68. The summed E-state index contributed by atoms with van der Waals surface area (Å²) in [4.78, 5) is 0. The van der Waals surface area contributed by atoms with Crippen LogP contribution >= 0.6 is 0 Å². The maximum Gasteiger partial charge on any atom is 0.0351 e. The van der Waals surface area contributed by atoms with Crippen molar-refractivity contribution in [3.63, 3.8) is 0 Å². The van der Waals surface area contributed by atoms with Crippen molar-refractivity contribution < 1.29 is 4.74 Å². The highest BCUT2D eigenvalue weighted by atomic mass is 16.4. The molecule has 0 aliphatic heterocycles. The second kappa shape index (κ2) is 15.2. The number of fused-ring (bicyclic) bond motifs is 1. The minimum atomic E-state index is 1.30. The van der Waals surface area contributed by atoms with Gasteiger partial charge in [-0.2, -0.15) is 0 Å². The second-order valence-electron chi connectivity index (χ2n) is 3.38. The van der Waals surface area contributed by atoms with Crippen LogP contribution in [0.4, 0.5) is 0 Å². The summed E-state index contributed by atoms with van der Waals surface area (Å²) in [6, 6.07) is 8.80. The predicted octanol–water partition coefficient (Wildman–Crippen LogP) is 4.88. The van der Waals surface area contributed by atoms with Gasteiger partial charge in [-0.05, 0) is 36.8 Å². The van der Waals surface area contributed by atoms with E-state index in [9.17, 15) is 0 Å². The highest BCUT2D eigenvalue weighted by Gasteiger charge is 2.05. The quantitative estimate of drug-likeness (QED) is 0.626. The molecule has 0 spiro atoms. The van der Waals surface area contributed by atoms with Crippen molar-refractivity contribution in [3.05, 3.63) is 35.4 Å². The van der Waals surface area contributed by atoms with Crippen LogP contribution in [0.1, 0.15) is 51.7 Å². The van der Waals surface area contributed by atoms with Gasteiger partial charge in [-0.3, -0.25) is 0 Å². The Morgan fingerprint density at radius 3 is 1.35 bits per heavy atom. The van der Waals surface area contributed by atoms with Gasteiger partial charge in [0.1, 0.15) is 0 Å². The Hall–Kier alpha value is -0.820. The molecule has 1 aliphatic carbocycles. The molecular formula is C16H30O. The molecule has 0 atom stereocenters. The fraction of sp³-hybridized carbons (Fsp3) is 0.625. The van der Waals surface area contributed by atoms with Crippen molar-refractivity contribution in [1.82, 2.24) is 0 Å². The lowest BCUT2D eigenvalue weighted by Crippen LogP contribution is -2.00. The van der Waals surface area contributed by atoms with Crippen molar-refractivity contribution >= 4 is 0 Å². The third-order valence-corrected chi connectivity index (χ3v) is 2.26. The third-order valence-electron chi connectivity index (χ3n) is 2.26. The Balaban J connectivity index is 0. The highest BCUT2D eigenvalue weighted by molar-refractivity contribution is 5.28. The Bertz CT molecular complexity index is 218. The lowest BCUT2D eigenvalue weighted by molar-refractivity contribution is 0.277. The van der Waals surface area contributed by atoms with Gasteiger partial charge in [0.25, 0.3) is 0 Å². The molecule has 2 rings (SSSR count). The Labute approximate surface area is 108 Å². The first-order valence-corrected chi connectivity index (χ1v) is 6.85. The highest BCUT2D eigenvalue weighted by Crippen LogP contribution is 2.19. The van der Waals surface area contributed by atoms with Crippen molar-refractivity contribution in [2.45, 2.75) is 53.4 Å². The van der Waals surface area contributed by atoms with E-state index in [1.54, 1.807) is 25.3 Å². The van der Waals surface area contributed by atoms with Gasteiger partial charge >= 0.3 is 0 Å². The molecule has 0 heterocycles. The molecule has 1 heteroatoms. The summed E-state index contributed by atoms with van der Waals surface area (Å²) < 4.78 is 4.25. The molecule has 0 fully saturated rings. The van der Waals surface area contributed by atoms with Gasteiger partial charge in [0.15, 0.2) is 0 Å². The molecule has 1 aromatic carbocycles. The normalized spacial score (nSPS) is 11.4. The van der Waals surface area contributed by atoms with Crippen LogP contribution < -0.4 is 0 Å². The first-order valence-electron chi connectivity index (χ1n) is 6.85. The van der Waals surface area contributed by atoms with E-state index in [2.05, 4.69) is 29.0 Å². The monoisotopic (exact) mass is 238 g/mol. The lowest BCUT2D eigenvalue weighted by Gasteiger charge is -2.13. The van der Waals surface area contributed by atoms with E-state index in [0.29, 0.717) is 0 Å². The van der Waals surface area contributed by atoms with Crippen LogP contribution in [0, 0.1) is 0 Å². The summed E-state index contributed by atoms with van der Waals surface area (Å²) in [7, 11) is 3.25. The van der Waals surface area contributed by atoms with Gasteiger partial charge in [0.05, 0.1) is 0 Å². The summed E-state index contributed by atoms with van der Waals surface area (Å²) >= 11 is 0. The van der Waals surface area contributed by atoms with Gasteiger partial charge in [-0.1, -0.05) is 52.0 Å². The first kappa shape index (κ1) is 18.5. The zero-order valence-corrected chi connectivity index (χ0v) is 12.5. The smallest absolute Gasteiger partial charge is 0.0351 e. The SMILES string of the molecule is CC.CC.COC.c1ccc2c(c1)CCCC2. The molecule has 1 aliphatic rings. The molecule has 0 amide bonds. The Kier molecular flexibility index (Phi) is 16.6. The van der Waals surface area contributed by atoms with Crippen LogP contribution in [0.25, 0.3) is 0 Å². The van der Waals surface area contributed by atoms with E-state index >= 15 is 0 Å². The fourth-order valence-electron chi connectivity index (χ4n) is 1.68. The van der Waals surface area contributed by atoms with Gasteiger partial charge in [0, 0.05) is 14.2 Å². The largest absolute Gasteiger partial charge is 0.388 e. The zero-order valence-electron chi connectivity index (χ0n) is 12.5. The average Bonchev–Trinajstić information content (AvgIpc) is 2.44. The maximum absolute atomic E-state index is 4.25. The molecule has 100 valence electrons. The van der Waals surface area contributed by atoms with Crippen molar-refractivity contribution in [2.24, 2.45) is 0 Å². The molecule has 0 bridgehead atoms. The molecule has 0 radical (unpaired) electrons. The number of rotatable bonds is 0. The van der Waals surface area contributed by atoms with Gasteiger partial charge in [-0.15, -0.1) is 0 Å². The number of benzene rings is 1. The van der Waals surface area contributed by atoms with Crippen LogP contribution in [0.2, 0.25) is 0 Å². The molecule has 0 N–H and O–H groups in total. The summed E-state index contributed by atoms with van der Waals surface area (Å²) in [6.07, 6.45) is 5.38. The average molecular weight is 238 g/mol. The molecular weight excluding hydrogens is 208 g/mol. The molecule has 0 unspecified atom stereocenters. The topological polar surface area (TPSA) is 9.23 Å². The number of methoxy groups -OCH3 is 1. The molecule has 1 aromatic rings. The predicted molar refractivity (Wildman–Crippen MR) is 78.7 cm³/mol. The second-order valence-corrected chi connectivity index (χ2v) is 3.38. The lowest BCUT2D eigenvalue weighted by atomic mass is 9.92. The van der Waals surface area contributed by atoms with Crippen molar-refractivity contribution in [3.8, 4) is 0 Å². The van der Waals surface area contributed by atoms with Crippen LogP contribution in [-0.4, -0.2) is 14.2 Å². The van der Waals surface area contributed by atoms with Gasteiger partial charge in [0.2, 0.25) is 0 Å². The van der Waals surface area contributed by atoms with Crippen molar-refractivity contribution in [1.29, 1.82) is 0 Å². The van der Waals surface area contributed by atoms with Gasteiger partial charge < -0.3 is 4.74 Å². The molecule has 1 nitrogen and oxygen atoms in total. The number of ether oxygens (including phenoxy) is 1. The molecule has 17 heavy (non-hydrogen) atoms. The molecule has 0 saturated carbocycles. The summed E-state index contributed by atoms with van der Waals surface area (Å²) in [5.74, 6) is 0. The number of hydrogen-bond acceptors (Lipinski definition) is 1. The van der Waals surface area contributed by atoms with Crippen LogP contribution in [0.5, 0.6) is 0 Å². The summed E-state index contributed by atoms with van der Waals surface area (Å²) in [5.41, 5.74) is 3.16. The first-order chi connectivity index (χ1) is 8.38. The van der Waals surface area contributed by atoms with E-state index < -0.39 is 0 Å². The van der Waals surface area contributed by atoms with E-state index in [-0.39, 0.29) is 0 Å². The van der Waals surface area contributed by atoms with E-state index in [1.165, 1.54) is 25.7 Å². The van der Waals surface area contributed by atoms with Crippen LogP contribution in [0.3, 0.4) is 0 Å². The van der Waals surface area contributed by atoms with E-state index in [0.717, 1.165) is 0 Å². The van der Waals surface area contributed by atoms with Gasteiger partial charge in [-0.25, -0.2) is 0 Å². The van der Waals surface area contributed by atoms with Crippen LogP contribution in [0.15, 0.2) is 24.3 Å². The minimum Gasteiger partial charge on any atom is -0.388 e. The van der Waals surface area contributed by atoms with E-state index in [1.807, 2.05) is 27.7 Å². The molecule has 0 aromatic heterocycles. The summed E-state index contributed by atoms with van der Waals surface area (Å²) in [5, 5.41) is 0. The Morgan fingerprint density at radius 2 is 1.06 bits per heavy atom. The Morgan fingerprint density at radius 1 is 0.765 bits per heavy atom. The minimum absolute atomic E-state index is 1.30. The zero-order chi connectivity index (χ0) is 13.5. The molecule has 0 saturated heterocycles. The van der Waals surface area contributed by atoms with E-state index in [4.69, 9.17) is 0 Å².